The molecule has 0 saturated carbocycles. The number of nitrogens with zero attached hydrogens (tertiary/aromatic N) is 1. The summed E-state index contributed by atoms with van der Waals surface area (Å²) in [6, 6.07) is 18.8. The van der Waals surface area contributed by atoms with Crippen molar-refractivity contribution in [1.29, 1.82) is 5.26 Å². The quantitative estimate of drug-likeness (QED) is 0.518. The molecule has 3 aromatic rings. The van der Waals surface area contributed by atoms with Crippen molar-refractivity contribution in [2.75, 3.05) is 13.4 Å². The lowest BCUT2D eigenvalue weighted by Crippen LogP contribution is -2.21. The number of benzene rings is 3. The Bertz CT molecular complexity index is 1330. The van der Waals surface area contributed by atoms with Crippen LogP contribution in [0.2, 0.25) is 5.02 Å². The van der Waals surface area contributed by atoms with Gasteiger partial charge >= 0.3 is 0 Å². The van der Waals surface area contributed by atoms with Crippen molar-refractivity contribution in [2.45, 2.75) is 19.4 Å². The zero-order chi connectivity index (χ0) is 23.7. The molecule has 5 rings (SSSR count). The number of allylic oxidation sites excluding steroid dienone is 1. The standard InChI is InChI=1S/C26H21ClN2O5/c1-2-30-22-9-16(6-7-20(22)31-13-15-4-3-5-17(27)8-15)25-18-10-23-24(33-14-32-23)11-21(18)34-26(29)19(25)12-28/h3-11,25H,2,13-14,29H2,1H3/t25-/m0/s1. The fourth-order valence-electron chi connectivity index (χ4n) is 4.07. The van der Waals surface area contributed by atoms with Crippen molar-refractivity contribution in [3.8, 4) is 34.8 Å². The van der Waals surface area contributed by atoms with Gasteiger partial charge in [-0.05, 0) is 48.4 Å². The third-order valence-electron chi connectivity index (χ3n) is 5.59. The minimum absolute atomic E-state index is 0.0538. The van der Waals surface area contributed by atoms with Crippen molar-refractivity contribution in [1.82, 2.24) is 0 Å². The largest absolute Gasteiger partial charge is 0.490 e. The van der Waals surface area contributed by atoms with E-state index in [1.54, 1.807) is 6.07 Å². The van der Waals surface area contributed by atoms with Crippen LogP contribution in [0.1, 0.15) is 29.5 Å². The minimum atomic E-state index is -0.468. The zero-order valence-electron chi connectivity index (χ0n) is 18.3. The van der Waals surface area contributed by atoms with Gasteiger partial charge in [0.15, 0.2) is 23.0 Å². The Hall–Kier alpha value is -4.02. The highest BCUT2D eigenvalue weighted by atomic mass is 35.5. The summed E-state index contributed by atoms with van der Waals surface area (Å²) in [5.41, 5.74) is 8.93. The number of halogens is 1. The van der Waals surface area contributed by atoms with Gasteiger partial charge in [-0.2, -0.15) is 5.26 Å². The second-order valence-electron chi connectivity index (χ2n) is 7.73. The summed E-state index contributed by atoms with van der Waals surface area (Å²) in [6.07, 6.45) is 0. The van der Waals surface area contributed by atoms with Crippen molar-refractivity contribution >= 4 is 11.6 Å². The molecular weight excluding hydrogens is 456 g/mol. The lowest BCUT2D eigenvalue weighted by Gasteiger charge is -2.27. The molecule has 0 radical (unpaired) electrons. The number of fused-ring (bicyclic) bond motifs is 2. The van der Waals surface area contributed by atoms with Crippen LogP contribution in [0.3, 0.4) is 0 Å². The van der Waals surface area contributed by atoms with Crippen molar-refractivity contribution < 1.29 is 23.7 Å². The van der Waals surface area contributed by atoms with E-state index >= 15 is 0 Å². The van der Waals surface area contributed by atoms with E-state index < -0.39 is 5.92 Å². The summed E-state index contributed by atoms with van der Waals surface area (Å²) >= 11 is 6.08. The normalized spacial score (nSPS) is 15.9. The predicted molar refractivity (Wildman–Crippen MR) is 125 cm³/mol. The Morgan fingerprint density at radius 3 is 2.62 bits per heavy atom. The van der Waals surface area contributed by atoms with Crippen LogP contribution in [0, 0.1) is 11.3 Å². The van der Waals surface area contributed by atoms with Crippen LogP contribution in [0.25, 0.3) is 0 Å². The molecular formula is C26H21ClN2O5. The van der Waals surface area contributed by atoms with Crippen LogP contribution in [-0.2, 0) is 6.61 Å². The first kappa shape index (κ1) is 21.8. The van der Waals surface area contributed by atoms with Gasteiger partial charge in [-0.15, -0.1) is 0 Å². The summed E-state index contributed by atoms with van der Waals surface area (Å²) in [7, 11) is 0. The molecule has 34 heavy (non-hydrogen) atoms. The lowest BCUT2D eigenvalue weighted by molar-refractivity contribution is 0.174. The first-order chi connectivity index (χ1) is 16.6. The summed E-state index contributed by atoms with van der Waals surface area (Å²) < 4.78 is 28.7. The van der Waals surface area contributed by atoms with Crippen LogP contribution in [-0.4, -0.2) is 13.4 Å². The molecule has 2 aliphatic heterocycles. The SMILES string of the molecule is CCOc1cc([C@@H]2C(C#N)=C(N)Oc3cc4c(cc32)OCO4)ccc1OCc1cccc(Cl)c1. The molecule has 2 heterocycles. The molecule has 0 aliphatic carbocycles. The van der Waals surface area contributed by atoms with Crippen molar-refractivity contribution in [3.63, 3.8) is 0 Å². The molecule has 7 nitrogen and oxygen atoms in total. The van der Waals surface area contributed by atoms with E-state index in [4.69, 9.17) is 41.0 Å². The number of nitrogens with two attached hydrogens (primary N) is 1. The van der Waals surface area contributed by atoms with Crippen molar-refractivity contribution in [3.05, 3.63) is 87.8 Å². The van der Waals surface area contributed by atoms with E-state index in [-0.39, 0.29) is 12.7 Å². The molecule has 0 amide bonds. The molecule has 0 spiro atoms. The number of nitriles is 1. The van der Waals surface area contributed by atoms with Gasteiger partial charge in [0.25, 0.3) is 0 Å². The first-order valence-corrected chi connectivity index (χ1v) is 11.1. The first-order valence-electron chi connectivity index (χ1n) is 10.7. The Kier molecular flexibility index (Phi) is 5.83. The van der Waals surface area contributed by atoms with E-state index in [0.29, 0.717) is 52.6 Å². The fourth-order valence-corrected chi connectivity index (χ4v) is 4.28. The topological polar surface area (TPSA) is 96.0 Å². The highest BCUT2D eigenvalue weighted by Crippen LogP contribution is 2.48. The van der Waals surface area contributed by atoms with Gasteiger partial charge in [0.2, 0.25) is 12.7 Å². The molecule has 172 valence electrons. The van der Waals surface area contributed by atoms with Crippen LogP contribution < -0.4 is 29.4 Å². The van der Waals surface area contributed by atoms with E-state index in [1.807, 2.05) is 55.5 Å². The van der Waals surface area contributed by atoms with Crippen LogP contribution in [0.5, 0.6) is 28.7 Å². The van der Waals surface area contributed by atoms with Gasteiger partial charge in [0.05, 0.1) is 12.5 Å². The summed E-state index contributed by atoms with van der Waals surface area (Å²) in [5, 5.41) is 10.5. The van der Waals surface area contributed by atoms with Crippen LogP contribution >= 0.6 is 11.6 Å². The third-order valence-corrected chi connectivity index (χ3v) is 5.83. The van der Waals surface area contributed by atoms with Gasteiger partial charge in [-0.3, -0.25) is 0 Å². The number of rotatable bonds is 6. The highest BCUT2D eigenvalue weighted by Gasteiger charge is 2.33. The fraction of sp³-hybridized carbons (Fsp3) is 0.192. The van der Waals surface area contributed by atoms with Gasteiger partial charge in [-0.1, -0.05) is 29.8 Å². The maximum Gasteiger partial charge on any atom is 0.231 e. The Balaban J connectivity index is 1.52. The van der Waals surface area contributed by atoms with Gasteiger partial charge in [0.1, 0.15) is 24.0 Å². The van der Waals surface area contributed by atoms with Crippen LogP contribution in [0.15, 0.2) is 66.1 Å². The lowest BCUT2D eigenvalue weighted by atomic mass is 9.83. The Morgan fingerprint density at radius 1 is 1.03 bits per heavy atom. The Labute approximate surface area is 201 Å². The Morgan fingerprint density at radius 2 is 1.85 bits per heavy atom. The molecule has 0 aromatic heterocycles. The van der Waals surface area contributed by atoms with Crippen molar-refractivity contribution in [2.24, 2.45) is 5.73 Å². The molecule has 2 aliphatic rings. The number of hydrogen-bond donors (Lipinski definition) is 1. The summed E-state index contributed by atoms with van der Waals surface area (Å²) in [6.45, 7) is 2.81. The second-order valence-corrected chi connectivity index (χ2v) is 8.16. The monoisotopic (exact) mass is 476 g/mol. The van der Waals surface area contributed by atoms with E-state index in [2.05, 4.69) is 6.07 Å². The molecule has 8 heteroatoms. The third kappa shape index (κ3) is 4.04. The summed E-state index contributed by atoms with van der Waals surface area (Å²) in [4.78, 5) is 0. The smallest absolute Gasteiger partial charge is 0.231 e. The van der Waals surface area contributed by atoms with Gasteiger partial charge < -0.3 is 29.4 Å². The molecule has 0 saturated heterocycles. The maximum atomic E-state index is 9.88. The second kappa shape index (κ2) is 9.08. The molecule has 3 aromatic carbocycles. The summed E-state index contributed by atoms with van der Waals surface area (Å²) in [5.74, 6) is 2.42. The van der Waals surface area contributed by atoms with E-state index in [9.17, 15) is 5.26 Å². The minimum Gasteiger partial charge on any atom is -0.490 e. The molecule has 0 bridgehead atoms. The molecule has 1 atom stereocenters. The van der Waals surface area contributed by atoms with E-state index in [0.717, 1.165) is 16.7 Å². The predicted octanol–water partition coefficient (Wildman–Crippen LogP) is 5.26. The maximum absolute atomic E-state index is 9.88. The van der Waals surface area contributed by atoms with Crippen LogP contribution in [0.4, 0.5) is 0 Å². The number of hydrogen-bond acceptors (Lipinski definition) is 7. The number of ether oxygens (including phenoxy) is 5. The average molecular weight is 477 g/mol. The van der Waals surface area contributed by atoms with E-state index in [1.165, 1.54) is 0 Å². The van der Waals surface area contributed by atoms with Gasteiger partial charge in [0, 0.05) is 16.7 Å². The van der Waals surface area contributed by atoms with Gasteiger partial charge in [-0.25, -0.2) is 0 Å². The average Bonchev–Trinajstić information content (AvgIpc) is 3.29. The molecule has 0 fully saturated rings. The zero-order valence-corrected chi connectivity index (χ0v) is 19.1. The highest BCUT2D eigenvalue weighted by molar-refractivity contribution is 6.30. The molecule has 0 unspecified atom stereocenters. The molecule has 2 N–H and O–H groups in total.